The maximum atomic E-state index is 5.13. The number of rotatable bonds is 4. The predicted octanol–water partition coefficient (Wildman–Crippen LogP) is 2.94. The molecule has 102 valence electrons. The van der Waals surface area contributed by atoms with Crippen LogP contribution in [0.5, 0.6) is 0 Å². The molecule has 2 aromatic rings. The molecule has 1 fully saturated rings. The van der Waals surface area contributed by atoms with Crippen molar-refractivity contribution in [3.63, 3.8) is 0 Å². The maximum absolute atomic E-state index is 5.13. The Labute approximate surface area is 113 Å². The third-order valence-electron chi connectivity index (χ3n) is 4.11. The highest BCUT2D eigenvalue weighted by atomic mass is 16.3. The highest BCUT2D eigenvalue weighted by Gasteiger charge is 2.23. The van der Waals surface area contributed by atoms with E-state index in [1.165, 1.54) is 29.7 Å². The van der Waals surface area contributed by atoms with Gasteiger partial charge in [0, 0.05) is 23.7 Å². The number of aromatic nitrogens is 2. The smallest absolute Gasteiger partial charge is 0.0947 e. The van der Waals surface area contributed by atoms with E-state index >= 15 is 0 Å². The fraction of sp³-hybridized carbons (Fsp3) is 0.533. The molecule has 0 atom stereocenters. The molecular formula is C15H21N3O. The minimum atomic E-state index is 0.651. The van der Waals surface area contributed by atoms with Crippen molar-refractivity contribution >= 4 is 0 Å². The Morgan fingerprint density at radius 3 is 2.95 bits per heavy atom. The zero-order valence-corrected chi connectivity index (χ0v) is 11.4. The summed E-state index contributed by atoms with van der Waals surface area (Å²) in [4.78, 5) is 2.50. The highest BCUT2D eigenvalue weighted by Crippen LogP contribution is 2.29. The molecule has 0 aromatic carbocycles. The summed E-state index contributed by atoms with van der Waals surface area (Å²) in [6, 6.07) is 2.05. The summed E-state index contributed by atoms with van der Waals surface area (Å²) in [6.45, 7) is 5.51. The van der Waals surface area contributed by atoms with Crippen LogP contribution < -0.4 is 0 Å². The van der Waals surface area contributed by atoms with Gasteiger partial charge in [0.05, 0.1) is 18.7 Å². The first kappa shape index (κ1) is 12.5. The SMILES string of the molecule is CCc1cn[nH]c1C1CCN(Cc2ccoc2)CC1. The first-order valence-electron chi connectivity index (χ1n) is 7.12. The van der Waals surface area contributed by atoms with Crippen molar-refractivity contribution in [2.45, 2.75) is 38.6 Å². The molecule has 0 unspecified atom stereocenters. The lowest BCUT2D eigenvalue weighted by molar-refractivity contribution is 0.202. The van der Waals surface area contributed by atoms with E-state index in [1.54, 1.807) is 6.26 Å². The van der Waals surface area contributed by atoms with E-state index in [0.717, 1.165) is 26.1 Å². The van der Waals surface area contributed by atoms with Gasteiger partial charge >= 0.3 is 0 Å². The lowest BCUT2D eigenvalue weighted by Gasteiger charge is -2.31. The Bertz CT molecular complexity index is 495. The van der Waals surface area contributed by atoms with Crippen molar-refractivity contribution in [1.82, 2.24) is 15.1 Å². The zero-order valence-electron chi connectivity index (χ0n) is 11.4. The van der Waals surface area contributed by atoms with Gasteiger partial charge in [-0.2, -0.15) is 5.10 Å². The molecule has 0 bridgehead atoms. The van der Waals surface area contributed by atoms with Crippen LogP contribution in [0, 0.1) is 0 Å². The predicted molar refractivity (Wildman–Crippen MR) is 73.9 cm³/mol. The highest BCUT2D eigenvalue weighted by molar-refractivity contribution is 5.21. The molecule has 2 aromatic heterocycles. The van der Waals surface area contributed by atoms with Gasteiger partial charge in [0.15, 0.2) is 0 Å². The van der Waals surface area contributed by atoms with Crippen molar-refractivity contribution in [3.05, 3.63) is 41.6 Å². The van der Waals surface area contributed by atoms with E-state index < -0.39 is 0 Å². The number of aryl methyl sites for hydroxylation is 1. The molecule has 0 saturated carbocycles. The third kappa shape index (κ3) is 2.73. The van der Waals surface area contributed by atoms with Crippen LogP contribution in [0.3, 0.4) is 0 Å². The number of nitrogens with zero attached hydrogens (tertiary/aromatic N) is 2. The lowest BCUT2D eigenvalue weighted by atomic mass is 9.91. The summed E-state index contributed by atoms with van der Waals surface area (Å²) >= 11 is 0. The topological polar surface area (TPSA) is 45.1 Å². The van der Waals surface area contributed by atoms with Crippen molar-refractivity contribution in [2.24, 2.45) is 0 Å². The van der Waals surface area contributed by atoms with Crippen molar-refractivity contribution in [3.8, 4) is 0 Å². The summed E-state index contributed by atoms with van der Waals surface area (Å²) < 4.78 is 5.13. The Hall–Kier alpha value is -1.55. The summed E-state index contributed by atoms with van der Waals surface area (Å²) in [5.41, 5.74) is 4.02. The van der Waals surface area contributed by atoms with Crippen LogP contribution in [0.15, 0.2) is 29.2 Å². The van der Waals surface area contributed by atoms with Crippen molar-refractivity contribution < 1.29 is 4.42 Å². The van der Waals surface area contributed by atoms with Crippen molar-refractivity contribution in [1.29, 1.82) is 0 Å². The van der Waals surface area contributed by atoms with Crippen molar-refractivity contribution in [2.75, 3.05) is 13.1 Å². The van der Waals surface area contributed by atoms with Gasteiger partial charge in [-0.25, -0.2) is 0 Å². The molecule has 0 aliphatic carbocycles. The fourth-order valence-electron chi connectivity index (χ4n) is 2.98. The quantitative estimate of drug-likeness (QED) is 0.918. The average Bonchev–Trinajstić information content (AvgIpc) is 3.10. The second kappa shape index (κ2) is 5.61. The molecule has 19 heavy (non-hydrogen) atoms. The van der Waals surface area contributed by atoms with Crippen LogP contribution in [-0.2, 0) is 13.0 Å². The molecule has 1 N–H and O–H groups in total. The molecular weight excluding hydrogens is 238 g/mol. The van der Waals surface area contributed by atoms with Crippen LogP contribution >= 0.6 is 0 Å². The summed E-state index contributed by atoms with van der Waals surface area (Å²) in [5, 5.41) is 7.40. The van der Waals surface area contributed by atoms with Gasteiger partial charge in [0.1, 0.15) is 0 Å². The monoisotopic (exact) mass is 259 g/mol. The zero-order chi connectivity index (χ0) is 13.1. The second-order valence-electron chi connectivity index (χ2n) is 5.34. The minimum absolute atomic E-state index is 0.651. The molecule has 3 heterocycles. The van der Waals surface area contributed by atoms with E-state index in [2.05, 4.69) is 28.1 Å². The average molecular weight is 259 g/mol. The first-order valence-corrected chi connectivity index (χ1v) is 7.12. The lowest BCUT2D eigenvalue weighted by Crippen LogP contribution is -2.32. The molecule has 0 radical (unpaired) electrons. The number of likely N-dealkylation sites (tertiary alicyclic amines) is 1. The summed E-state index contributed by atoms with van der Waals surface area (Å²) in [7, 11) is 0. The molecule has 0 amide bonds. The largest absolute Gasteiger partial charge is 0.472 e. The number of piperidine rings is 1. The minimum Gasteiger partial charge on any atom is -0.472 e. The van der Waals surface area contributed by atoms with Gasteiger partial charge in [-0.05, 0) is 44.0 Å². The van der Waals surface area contributed by atoms with Crippen LogP contribution in [0.4, 0.5) is 0 Å². The van der Waals surface area contributed by atoms with E-state index in [1.807, 2.05) is 12.5 Å². The van der Waals surface area contributed by atoms with Gasteiger partial charge in [0.25, 0.3) is 0 Å². The normalized spacial score (nSPS) is 17.9. The van der Waals surface area contributed by atoms with Crippen LogP contribution in [0.1, 0.15) is 42.5 Å². The number of hydrogen-bond acceptors (Lipinski definition) is 3. The molecule has 3 rings (SSSR count). The number of furan rings is 1. The Morgan fingerprint density at radius 1 is 1.42 bits per heavy atom. The Kier molecular flexibility index (Phi) is 3.69. The fourth-order valence-corrected chi connectivity index (χ4v) is 2.98. The van der Waals surface area contributed by atoms with E-state index in [0.29, 0.717) is 5.92 Å². The third-order valence-corrected chi connectivity index (χ3v) is 4.11. The van der Waals surface area contributed by atoms with Gasteiger partial charge in [-0.3, -0.25) is 10.00 Å². The van der Waals surface area contributed by atoms with Crippen LogP contribution in [0.25, 0.3) is 0 Å². The van der Waals surface area contributed by atoms with E-state index in [4.69, 9.17) is 4.42 Å². The van der Waals surface area contributed by atoms with Gasteiger partial charge in [-0.15, -0.1) is 0 Å². The molecule has 1 saturated heterocycles. The maximum Gasteiger partial charge on any atom is 0.0947 e. The molecule has 0 spiro atoms. The summed E-state index contributed by atoms with van der Waals surface area (Å²) in [6.07, 6.45) is 9.07. The Morgan fingerprint density at radius 2 is 2.26 bits per heavy atom. The van der Waals surface area contributed by atoms with Crippen LogP contribution in [-0.4, -0.2) is 28.2 Å². The number of nitrogens with one attached hydrogen (secondary N) is 1. The van der Waals surface area contributed by atoms with Gasteiger partial charge in [0.2, 0.25) is 0 Å². The standard InChI is InChI=1S/C15H21N3O/c1-2-13-9-16-17-15(13)14-3-6-18(7-4-14)10-12-5-8-19-11-12/h5,8-9,11,14H,2-4,6-7,10H2,1H3,(H,16,17). The van der Waals surface area contributed by atoms with E-state index in [9.17, 15) is 0 Å². The number of aromatic amines is 1. The number of H-pyrrole nitrogens is 1. The Balaban J connectivity index is 1.57. The molecule has 1 aliphatic rings. The van der Waals surface area contributed by atoms with Crippen LogP contribution in [0.2, 0.25) is 0 Å². The van der Waals surface area contributed by atoms with Gasteiger partial charge in [-0.1, -0.05) is 6.92 Å². The number of hydrogen-bond donors (Lipinski definition) is 1. The molecule has 1 aliphatic heterocycles. The van der Waals surface area contributed by atoms with E-state index in [-0.39, 0.29) is 0 Å². The molecule has 4 heteroatoms. The van der Waals surface area contributed by atoms with Gasteiger partial charge < -0.3 is 4.42 Å². The molecule has 4 nitrogen and oxygen atoms in total. The first-order chi connectivity index (χ1) is 9.36. The summed E-state index contributed by atoms with van der Waals surface area (Å²) in [5.74, 6) is 0.651. The second-order valence-corrected chi connectivity index (χ2v) is 5.34.